The summed E-state index contributed by atoms with van der Waals surface area (Å²) in [4.78, 5) is 4.91. The van der Waals surface area contributed by atoms with E-state index in [-0.39, 0.29) is 0 Å². The average Bonchev–Trinajstić information content (AvgIpc) is 2.29. The highest BCUT2D eigenvalue weighted by atomic mass is 16.5. The molecule has 0 saturated carbocycles. The molecule has 4 heteroatoms. The second-order valence-electron chi connectivity index (χ2n) is 5.75. The number of hydrogen-bond donors (Lipinski definition) is 1. The van der Waals surface area contributed by atoms with Crippen molar-refractivity contribution < 1.29 is 4.74 Å². The van der Waals surface area contributed by atoms with Gasteiger partial charge in [0.25, 0.3) is 0 Å². The highest BCUT2D eigenvalue weighted by Crippen LogP contribution is 2.20. The summed E-state index contributed by atoms with van der Waals surface area (Å²) < 4.78 is 5.82. The second kappa shape index (κ2) is 6.14. The third kappa shape index (κ3) is 3.91. The zero-order valence-electron chi connectivity index (χ0n) is 11.3. The Bertz CT molecular complexity index is 227. The third-order valence-electron chi connectivity index (χ3n) is 4.18. The normalized spacial score (nSPS) is 31.6. The lowest BCUT2D eigenvalue weighted by Crippen LogP contribution is -2.48. The van der Waals surface area contributed by atoms with Gasteiger partial charge < -0.3 is 20.3 Å². The number of nitrogens with two attached hydrogens (primary N) is 1. The molecule has 2 heterocycles. The molecule has 2 rings (SSSR count). The van der Waals surface area contributed by atoms with Gasteiger partial charge in [0.15, 0.2) is 0 Å². The average molecular weight is 241 g/mol. The van der Waals surface area contributed by atoms with Crippen LogP contribution < -0.4 is 5.73 Å². The van der Waals surface area contributed by atoms with E-state index in [9.17, 15) is 0 Å². The number of morpholine rings is 1. The molecular weight excluding hydrogens is 214 g/mol. The first-order valence-corrected chi connectivity index (χ1v) is 6.93. The van der Waals surface area contributed by atoms with E-state index in [1.54, 1.807) is 0 Å². The summed E-state index contributed by atoms with van der Waals surface area (Å²) >= 11 is 0. The van der Waals surface area contributed by atoms with E-state index in [2.05, 4.69) is 23.8 Å². The molecule has 0 bridgehead atoms. The highest BCUT2D eigenvalue weighted by Gasteiger charge is 2.25. The quantitative estimate of drug-likeness (QED) is 0.775. The van der Waals surface area contributed by atoms with Crippen LogP contribution >= 0.6 is 0 Å². The first-order chi connectivity index (χ1) is 8.15. The van der Waals surface area contributed by atoms with E-state index >= 15 is 0 Å². The van der Waals surface area contributed by atoms with Crippen molar-refractivity contribution in [1.82, 2.24) is 9.80 Å². The second-order valence-corrected chi connectivity index (χ2v) is 5.75. The van der Waals surface area contributed by atoms with Crippen LogP contribution in [0.4, 0.5) is 0 Å². The van der Waals surface area contributed by atoms with Crippen LogP contribution in [0.2, 0.25) is 0 Å². The van der Waals surface area contributed by atoms with Gasteiger partial charge in [-0.15, -0.1) is 0 Å². The summed E-state index contributed by atoms with van der Waals surface area (Å²) in [7, 11) is 2.18. The largest absolute Gasteiger partial charge is 0.374 e. The van der Waals surface area contributed by atoms with E-state index in [0.717, 1.165) is 32.2 Å². The Labute approximate surface area is 105 Å². The van der Waals surface area contributed by atoms with Crippen molar-refractivity contribution in [2.75, 3.05) is 46.4 Å². The smallest absolute Gasteiger partial charge is 0.0829 e. The molecule has 0 radical (unpaired) electrons. The van der Waals surface area contributed by atoms with Gasteiger partial charge in [-0.3, -0.25) is 0 Å². The van der Waals surface area contributed by atoms with Crippen molar-refractivity contribution in [2.45, 2.75) is 31.9 Å². The molecule has 0 aromatic heterocycles. The molecule has 2 aliphatic heterocycles. The van der Waals surface area contributed by atoms with Gasteiger partial charge >= 0.3 is 0 Å². The molecule has 2 saturated heterocycles. The molecule has 0 amide bonds. The summed E-state index contributed by atoms with van der Waals surface area (Å²) in [5, 5.41) is 0. The first kappa shape index (κ1) is 13.3. The van der Waals surface area contributed by atoms with Gasteiger partial charge in [-0.1, -0.05) is 0 Å². The SMILES string of the molecule is CC(N)C1CCN(CC2CN(C)CCO2)CC1. The lowest BCUT2D eigenvalue weighted by molar-refractivity contribution is -0.0396. The van der Waals surface area contributed by atoms with Crippen molar-refractivity contribution in [2.24, 2.45) is 11.7 Å². The summed E-state index contributed by atoms with van der Waals surface area (Å²) in [6.07, 6.45) is 2.90. The van der Waals surface area contributed by atoms with Crippen molar-refractivity contribution in [1.29, 1.82) is 0 Å². The fourth-order valence-electron chi connectivity index (χ4n) is 2.93. The topological polar surface area (TPSA) is 41.7 Å². The summed E-state index contributed by atoms with van der Waals surface area (Å²) in [5.41, 5.74) is 5.97. The van der Waals surface area contributed by atoms with E-state index in [0.29, 0.717) is 12.1 Å². The fourth-order valence-corrected chi connectivity index (χ4v) is 2.93. The Morgan fingerprint density at radius 3 is 2.59 bits per heavy atom. The van der Waals surface area contributed by atoms with Crippen LogP contribution in [0.25, 0.3) is 0 Å². The van der Waals surface area contributed by atoms with Gasteiger partial charge in [-0.25, -0.2) is 0 Å². The predicted molar refractivity (Wildman–Crippen MR) is 70.1 cm³/mol. The lowest BCUT2D eigenvalue weighted by atomic mass is 9.91. The van der Waals surface area contributed by atoms with Crippen LogP contribution in [0.3, 0.4) is 0 Å². The molecule has 0 aromatic carbocycles. The predicted octanol–water partition coefficient (Wildman–Crippen LogP) is 0.376. The van der Waals surface area contributed by atoms with Crippen LogP contribution in [0.15, 0.2) is 0 Å². The molecule has 17 heavy (non-hydrogen) atoms. The minimum atomic E-state index is 0.356. The molecule has 0 spiro atoms. The van der Waals surface area contributed by atoms with Gasteiger partial charge in [0.2, 0.25) is 0 Å². The molecule has 2 unspecified atom stereocenters. The van der Waals surface area contributed by atoms with Crippen molar-refractivity contribution in [3.05, 3.63) is 0 Å². The Kier molecular flexibility index (Phi) is 4.79. The minimum absolute atomic E-state index is 0.356. The summed E-state index contributed by atoms with van der Waals surface area (Å²) in [5.74, 6) is 0.723. The van der Waals surface area contributed by atoms with Gasteiger partial charge in [-0.05, 0) is 45.8 Å². The molecule has 100 valence electrons. The molecule has 2 fully saturated rings. The summed E-state index contributed by atoms with van der Waals surface area (Å²) in [6.45, 7) is 8.65. The minimum Gasteiger partial charge on any atom is -0.374 e. The Morgan fingerprint density at radius 2 is 2.00 bits per heavy atom. The van der Waals surface area contributed by atoms with Gasteiger partial charge in [0.1, 0.15) is 0 Å². The van der Waals surface area contributed by atoms with Gasteiger partial charge in [0.05, 0.1) is 12.7 Å². The molecule has 2 N–H and O–H groups in total. The Morgan fingerprint density at radius 1 is 1.29 bits per heavy atom. The molecular formula is C13H27N3O. The van der Waals surface area contributed by atoms with Crippen LogP contribution in [-0.4, -0.2) is 68.3 Å². The van der Waals surface area contributed by atoms with Crippen molar-refractivity contribution >= 4 is 0 Å². The lowest BCUT2D eigenvalue weighted by Gasteiger charge is -2.38. The van der Waals surface area contributed by atoms with Crippen LogP contribution in [0.5, 0.6) is 0 Å². The van der Waals surface area contributed by atoms with Gasteiger partial charge in [0, 0.05) is 25.7 Å². The van der Waals surface area contributed by atoms with Crippen LogP contribution in [0.1, 0.15) is 19.8 Å². The molecule has 0 aliphatic carbocycles. The number of likely N-dealkylation sites (tertiary alicyclic amines) is 1. The number of piperidine rings is 1. The molecule has 4 nitrogen and oxygen atoms in total. The molecule has 2 aliphatic rings. The maximum absolute atomic E-state index is 5.97. The molecule has 2 atom stereocenters. The van der Waals surface area contributed by atoms with E-state index in [4.69, 9.17) is 10.5 Å². The monoisotopic (exact) mass is 241 g/mol. The summed E-state index contributed by atoms with van der Waals surface area (Å²) in [6, 6.07) is 0.356. The van der Waals surface area contributed by atoms with Crippen LogP contribution in [-0.2, 0) is 4.74 Å². The molecule has 0 aromatic rings. The van der Waals surface area contributed by atoms with E-state index in [1.807, 2.05) is 0 Å². The number of ether oxygens (including phenoxy) is 1. The van der Waals surface area contributed by atoms with E-state index in [1.165, 1.54) is 25.9 Å². The van der Waals surface area contributed by atoms with Gasteiger partial charge in [-0.2, -0.15) is 0 Å². The number of likely N-dealkylation sites (N-methyl/N-ethyl adjacent to an activating group) is 1. The first-order valence-electron chi connectivity index (χ1n) is 6.93. The highest BCUT2D eigenvalue weighted by molar-refractivity contribution is 4.80. The Balaban J connectivity index is 1.70. The number of rotatable bonds is 3. The Hall–Kier alpha value is -0.160. The number of nitrogens with zero attached hydrogens (tertiary/aromatic N) is 2. The van der Waals surface area contributed by atoms with Crippen LogP contribution in [0, 0.1) is 5.92 Å². The van der Waals surface area contributed by atoms with Crippen molar-refractivity contribution in [3.63, 3.8) is 0 Å². The van der Waals surface area contributed by atoms with Crippen molar-refractivity contribution in [3.8, 4) is 0 Å². The zero-order valence-corrected chi connectivity index (χ0v) is 11.3. The fraction of sp³-hybridized carbons (Fsp3) is 1.00. The number of hydrogen-bond acceptors (Lipinski definition) is 4. The third-order valence-corrected chi connectivity index (χ3v) is 4.18. The maximum Gasteiger partial charge on any atom is 0.0829 e. The zero-order chi connectivity index (χ0) is 12.3. The van der Waals surface area contributed by atoms with E-state index < -0.39 is 0 Å². The maximum atomic E-state index is 5.97. The standard InChI is InChI=1S/C13H27N3O/c1-11(14)12-3-5-16(6-4-12)10-13-9-15(2)7-8-17-13/h11-13H,3-10,14H2,1-2H3.